The normalized spacial score (nSPS) is 6.09. The molecule has 0 radical (unpaired) electrons. The molecule has 0 aliphatic carbocycles. The van der Waals surface area contributed by atoms with Crippen LogP contribution in [0.3, 0.4) is 0 Å². The van der Waals surface area contributed by atoms with E-state index in [9.17, 15) is 4.79 Å². The summed E-state index contributed by atoms with van der Waals surface area (Å²) in [5.74, 6) is 0. The second-order valence-electron chi connectivity index (χ2n) is 0.659. The van der Waals surface area contributed by atoms with Gasteiger partial charge in [-0.2, -0.15) is 0 Å². The summed E-state index contributed by atoms with van der Waals surface area (Å²) >= 11 is 14.6. The number of halogens is 3. The molecule has 0 unspecified atom stereocenters. The summed E-state index contributed by atoms with van der Waals surface area (Å²) in [6.07, 6.45) is 0.234. The van der Waals surface area contributed by atoms with Crippen molar-refractivity contribution in [3.63, 3.8) is 0 Å². The average Bonchev–Trinajstić information content (AvgIpc) is 1.35. The topological polar surface area (TPSA) is 175 Å². The quantitative estimate of drug-likeness (QED) is 0.327. The molecule has 0 spiro atoms. The maximum Gasteiger partial charge on any atom is 0.245 e. The van der Waals surface area contributed by atoms with Crippen LogP contribution in [0.1, 0.15) is 0 Å². The summed E-state index contributed by atoms with van der Waals surface area (Å²) in [4.78, 5) is 9.43. The zero-order chi connectivity index (χ0) is 5.21. The lowest BCUT2D eigenvalue weighted by Gasteiger charge is -1.93. The number of hydrogen-bond donors (Lipinski definition) is 0. The van der Waals surface area contributed by atoms with Crippen molar-refractivity contribution in [3.05, 3.63) is 0 Å². The van der Waals surface area contributed by atoms with E-state index in [1.165, 1.54) is 0 Å². The SMILES string of the molecule is O.O.O.O.O.O=CC(Cl)(Cl)Cl. The Morgan fingerprint density at radius 2 is 0.909 bits per heavy atom. The van der Waals surface area contributed by atoms with Crippen molar-refractivity contribution >= 4 is 41.1 Å². The summed E-state index contributed by atoms with van der Waals surface area (Å²) in [6, 6.07) is 0. The highest BCUT2D eigenvalue weighted by molar-refractivity contribution is 6.74. The molecule has 0 heterocycles. The zero-order valence-corrected chi connectivity index (χ0v) is 7.39. The number of hydrogen-bond acceptors (Lipinski definition) is 1. The van der Waals surface area contributed by atoms with Gasteiger partial charge in [0, 0.05) is 0 Å². The van der Waals surface area contributed by atoms with Crippen LogP contribution in [0.25, 0.3) is 0 Å². The van der Waals surface area contributed by atoms with Crippen molar-refractivity contribution in [1.29, 1.82) is 0 Å². The van der Waals surface area contributed by atoms with Crippen molar-refractivity contribution < 1.29 is 32.2 Å². The Morgan fingerprint density at radius 1 is 0.818 bits per heavy atom. The highest BCUT2D eigenvalue weighted by Crippen LogP contribution is 2.21. The standard InChI is InChI=1S/C2HCl3O.5H2O/c3-2(4,5)1-6;;;;;/h1H;5*1H2. The Kier molecular flexibility index (Phi) is 64.7. The Hall–Kier alpha value is 0.340. The highest BCUT2D eigenvalue weighted by Gasteiger charge is 2.16. The first-order valence-electron chi connectivity index (χ1n) is 1.09. The van der Waals surface area contributed by atoms with E-state index < -0.39 is 3.79 Å². The molecule has 11 heavy (non-hydrogen) atoms. The first-order valence-corrected chi connectivity index (χ1v) is 2.23. The molecule has 6 nitrogen and oxygen atoms in total. The van der Waals surface area contributed by atoms with Crippen LogP contribution in [0, 0.1) is 0 Å². The molecular formula is C2H11Cl3O6. The molecule has 0 fully saturated rings. The Labute approximate surface area is 77.6 Å². The van der Waals surface area contributed by atoms with E-state index in [0.717, 1.165) is 0 Å². The molecule has 9 heteroatoms. The summed E-state index contributed by atoms with van der Waals surface area (Å²) in [5, 5.41) is 0. The van der Waals surface area contributed by atoms with Crippen LogP contribution in [0.4, 0.5) is 0 Å². The lowest BCUT2D eigenvalue weighted by molar-refractivity contribution is -0.107. The van der Waals surface area contributed by atoms with Crippen molar-refractivity contribution in [2.24, 2.45) is 0 Å². The third kappa shape index (κ3) is 64.5. The second kappa shape index (κ2) is 16.7. The second-order valence-corrected chi connectivity index (χ2v) is 3.03. The number of carbonyl (C=O) groups is 1. The van der Waals surface area contributed by atoms with E-state index in [0.29, 0.717) is 0 Å². The fraction of sp³-hybridized carbons (Fsp3) is 0.500. The monoisotopic (exact) mass is 236 g/mol. The molecule has 0 amide bonds. The van der Waals surface area contributed by atoms with E-state index in [1.54, 1.807) is 0 Å². The molecule has 0 bridgehead atoms. The lowest BCUT2D eigenvalue weighted by atomic mass is 10.9. The summed E-state index contributed by atoms with van der Waals surface area (Å²) in [5.41, 5.74) is 0. The van der Waals surface area contributed by atoms with Gasteiger partial charge in [0.2, 0.25) is 3.79 Å². The largest absolute Gasteiger partial charge is 0.412 e. The van der Waals surface area contributed by atoms with Crippen LogP contribution in [0.15, 0.2) is 0 Å². The highest BCUT2D eigenvalue weighted by atomic mass is 35.6. The molecule has 0 aromatic carbocycles. The van der Waals surface area contributed by atoms with E-state index in [2.05, 4.69) is 0 Å². The molecular weight excluding hydrogens is 226 g/mol. The van der Waals surface area contributed by atoms with Crippen LogP contribution in [0.2, 0.25) is 0 Å². The van der Waals surface area contributed by atoms with E-state index in [-0.39, 0.29) is 33.7 Å². The van der Waals surface area contributed by atoms with Gasteiger partial charge in [0.15, 0.2) is 6.29 Å². The fourth-order valence-corrected chi connectivity index (χ4v) is 0. The third-order valence-corrected chi connectivity index (χ3v) is 0.401. The predicted octanol–water partition coefficient (Wildman–Crippen LogP) is -2.57. The van der Waals surface area contributed by atoms with Crippen LogP contribution < -0.4 is 0 Å². The van der Waals surface area contributed by atoms with Crippen LogP contribution >= 0.6 is 34.8 Å². The van der Waals surface area contributed by atoms with Crippen molar-refractivity contribution in [2.45, 2.75) is 3.79 Å². The third-order valence-electron chi connectivity index (χ3n) is 0.134. The number of alkyl halides is 3. The maximum absolute atomic E-state index is 9.43. The van der Waals surface area contributed by atoms with Gasteiger partial charge in [-0.15, -0.1) is 0 Å². The summed E-state index contributed by atoms with van der Waals surface area (Å²) < 4.78 is -1.72. The smallest absolute Gasteiger partial charge is 0.245 e. The van der Waals surface area contributed by atoms with Gasteiger partial charge in [0.1, 0.15) is 0 Å². The molecule has 0 aliphatic rings. The molecule has 0 aromatic rings. The van der Waals surface area contributed by atoms with Gasteiger partial charge < -0.3 is 27.4 Å². The minimum Gasteiger partial charge on any atom is -0.412 e. The van der Waals surface area contributed by atoms with Gasteiger partial charge >= 0.3 is 0 Å². The van der Waals surface area contributed by atoms with Gasteiger partial charge in [-0.3, -0.25) is 4.79 Å². The molecule has 0 rings (SSSR count). The van der Waals surface area contributed by atoms with Gasteiger partial charge in [0.05, 0.1) is 0 Å². The first kappa shape index (κ1) is 42.5. The maximum atomic E-state index is 9.43. The van der Waals surface area contributed by atoms with Gasteiger partial charge in [0.25, 0.3) is 0 Å². The Bertz CT molecular complexity index is 61.3. The lowest BCUT2D eigenvalue weighted by Crippen LogP contribution is -2.00. The molecule has 10 N–H and O–H groups in total. The van der Waals surface area contributed by atoms with Crippen molar-refractivity contribution in [2.75, 3.05) is 0 Å². The van der Waals surface area contributed by atoms with E-state index in [4.69, 9.17) is 34.8 Å². The molecule has 76 valence electrons. The van der Waals surface area contributed by atoms with Crippen molar-refractivity contribution in [3.8, 4) is 0 Å². The predicted molar refractivity (Wildman–Crippen MR) is 44.4 cm³/mol. The minimum atomic E-state index is -1.72. The molecule has 0 saturated heterocycles. The molecule has 0 saturated carbocycles. The number of aldehydes is 1. The van der Waals surface area contributed by atoms with Crippen molar-refractivity contribution in [1.82, 2.24) is 0 Å². The fourth-order valence-electron chi connectivity index (χ4n) is 0. The Balaban J connectivity index is -0.0000000125. The van der Waals surface area contributed by atoms with Gasteiger partial charge in [-0.05, 0) is 0 Å². The zero-order valence-electron chi connectivity index (χ0n) is 5.12. The minimum absolute atomic E-state index is 0. The summed E-state index contributed by atoms with van der Waals surface area (Å²) in [7, 11) is 0. The summed E-state index contributed by atoms with van der Waals surface area (Å²) in [6.45, 7) is 0. The van der Waals surface area contributed by atoms with Crippen LogP contribution in [0.5, 0.6) is 0 Å². The first-order chi connectivity index (χ1) is 2.56. The van der Waals surface area contributed by atoms with Crippen LogP contribution in [-0.4, -0.2) is 37.5 Å². The molecule has 0 atom stereocenters. The Morgan fingerprint density at radius 3 is 0.909 bits per heavy atom. The molecule has 0 aliphatic heterocycles. The number of carbonyl (C=O) groups excluding carboxylic acids is 1. The van der Waals surface area contributed by atoms with Gasteiger partial charge in [-0.1, -0.05) is 34.8 Å². The number of rotatable bonds is 0. The molecule has 0 aromatic heterocycles. The van der Waals surface area contributed by atoms with Gasteiger partial charge in [-0.25, -0.2) is 0 Å². The average molecular weight is 237 g/mol. The van der Waals surface area contributed by atoms with E-state index in [1.807, 2.05) is 0 Å². The van der Waals surface area contributed by atoms with Crippen LogP contribution in [-0.2, 0) is 4.79 Å². The van der Waals surface area contributed by atoms with E-state index >= 15 is 0 Å².